The summed E-state index contributed by atoms with van der Waals surface area (Å²) >= 11 is 0. The van der Waals surface area contributed by atoms with E-state index in [2.05, 4.69) is 53.2 Å². The van der Waals surface area contributed by atoms with E-state index in [4.69, 9.17) is 15.5 Å². The zero-order chi connectivity index (χ0) is 24.7. The molecule has 1 unspecified atom stereocenters. The van der Waals surface area contributed by atoms with Crippen molar-refractivity contribution in [1.29, 1.82) is 0 Å². The highest BCUT2D eigenvalue weighted by atomic mass is 16.5. The molecule has 1 aliphatic heterocycles. The van der Waals surface area contributed by atoms with Crippen molar-refractivity contribution in [1.82, 2.24) is 9.80 Å². The first-order valence-electron chi connectivity index (χ1n) is 13.3. The van der Waals surface area contributed by atoms with Crippen molar-refractivity contribution in [3.8, 4) is 11.5 Å². The zero-order valence-corrected chi connectivity index (χ0v) is 21.4. The first-order chi connectivity index (χ1) is 17.7. The van der Waals surface area contributed by atoms with Crippen LogP contribution in [0.1, 0.15) is 49.7 Å². The van der Waals surface area contributed by atoms with Gasteiger partial charge in [-0.25, -0.2) is 4.99 Å². The Balaban J connectivity index is 1.32. The van der Waals surface area contributed by atoms with Gasteiger partial charge in [-0.3, -0.25) is 0 Å². The van der Waals surface area contributed by atoms with Gasteiger partial charge in [0.25, 0.3) is 0 Å². The van der Waals surface area contributed by atoms with Gasteiger partial charge in [-0.1, -0.05) is 67.8 Å². The summed E-state index contributed by atoms with van der Waals surface area (Å²) in [5, 5.41) is 0. The SMILES string of the molecule is CN(CCC(C1CCCCC1)N1Cc2cc(Oc3ccccc3)ccc2N=C1N)Cc1ccccc1. The molecule has 0 saturated heterocycles. The molecule has 1 aliphatic carbocycles. The predicted molar refractivity (Wildman–Crippen MR) is 148 cm³/mol. The molecule has 1 heterocycles. The van der Waals surface area contributed by atoms with Gasteiger partial charge >= 0.3 is 0 Å². The predicted octanol–water partition coefficient (Wildman–Crippen LogP) is 6.71. The van der Waals surface area contributed by atoms with E-state index in [1.54, 1.807) is 0 Å². The topological polar surface area (TPSA) is 54.1 Å². The average Bonchev–Trinajstić information content (AvgIpc) is 2.91. The lowest BCUT2D eigenvalue weighted by Gasteiger charge is -2.42. The Kier molecular flexibility index (Phi) is 7.87. The molecule has 1 atom stereocenters. The van der Waals surface area contributed by atoms with Crippen molar-refractivity contribution in [3.63, 3.8) is 0 Å². The number of hydrogen-bond acceptors (Lipinski definition) is 5. The van der Waals surface area contributed by atoms with Crippen LogP contribution in [-0.2, 0) is 13.1 Å². The summed E-state index contributed by atoms with van der Waals surface area (Å²) < 4.78 is 6.11. The summed E-state index contributed by atoms with van der Waals surface area (Å²) in [4.78, 5) is 9.65. The second-order valence-corrected chi connectivity index (χ2v) is 10.3. The summed E-state index contributed by atoms with van der Waals surface area (Å²) in [7, 11) is 2.22. The largest absolute Gasteiger partial charge is 0.457 e. The summed E-state index contributed by atoms with van der Waals surface area (Å²) in [5.74, 6) is 2.99. The van der Waals surface area contributed by atoms with Crippen LogP contribution in [0.4, 0.5) is 5.69 Å². The van der Waals surface area contributed by atoms with Crippen LogP contribution in [0.3, 0.4) is 0 Å². The fourth-order valence-corrected chi connectivity index (χ4v) is 5.72. The minimum Gasteiger partial charge on any atom is -0.457 e. The number of guanidine groups is 1. The molecule has 5 heteroatoms. The molecule has 2 N–H and O–H groups in total. The summed E-state index contributed by atoms with van der Waals surface area (Å²) in [6.07, 6.45) is 7.63. The molecule has 3 aromatic carbocycles. The second kappa shape index (κ2) is 11.6. The molecule has 5 rings (SSSR count). The number of nitrogens with two attached hydrogens (primary N) is 1. The highest BCUT2D eigenvalue weighted by Crippen LogP contribution is 2.36. The molecule has 188 valence electrons. The summed E-state index contributed by atoms with van der Waals surface area (Å²) in [6, 6.07) is 27.2. The molecular formula is C31H38N4O. The third kappa shape index (κ3) is 6.08. The third-order valence-corrected chi connectivity index (χ3v) is 7.60. The van der Waals surface area contributed by atoms with E-state index in [0.29, 0.717) is 17.9 Å². The summed E-state index contributed by atoms with van der Waals surface area (Å²) in [5.41, 5.74) is 10.1. The highest BCUT2D eigenvalue weighted by molar-refractivity contribution is 5.84. The average molecular weight is 483 g/mol. The van der Waals surface area contributed by atoms with Gasteiger partial charge < -0.3 is 20.3 Å². The van der Waals surface area contributed by atoms with Crippen LogP contribution in [-0.4, -0.2) is 35.4 Å². The fourth-order valence-electron chi connectivity index (χ4n) is 5.72. The maximum absolute atomic E-state index is 6.62. The van der Waals surface area contributed by atoms with Gasteiger partial charge in [0.05, 0.1) is 5.69 Å². The Morgan fingerprint density at radius 1 is 0.944 bits per heavy atom. The van der Waals surface area contributed by atoms with E-state index in [-0.39, 0.29) is 0 Å². The van der Waals surface area contributed by atoms with E-state index in [0.717, 1.165) is 43.2 Å². The molecule has 5 nitrogen and oxygen atoms in total. The van der Waals surface area contributed by atoms with Crippen molar-refractivity contribution in [3.05, 3.63) is 90.0 Å². The van der Waals surface area contributed by atoms with Crippen LogP contribution in [0.2, 0.25) is 0 Å². The molecule has 0 aromatic heterocycles. The van der Waals surface area contributed by atoms with Gasteiger partial charge in [0.15, 0.2) is 5.96 Å². The van der Waals surface area contributed by atoms with E-state index in [1.165, 1.54) is 43.2 Å². The number of aliphatic imine (C=N–C) groups is 1. The van der Waals surface area contributed by atoms with Crippen molar-refractivity contribution in [2.75, 3.05) is 13.6 Å². The van der Waals surface area contributed by atoms with E-state index >= 15 is 0 Å². The first kappa shape index (κ1) is 24.4. The Labute approximate surface area is 215 Å². The molecule has 0 radical (unpaired) electrons. The van der Waals surface area contributed by atoms with Crippen LogP contribution < -0.4 is 10.5 Å². The third-order valence-electron chi connectivity index (χ3n) is 7.60. The quantitative estimate of drug-likeness (QED) is 0.368. The zero-order valence-electron chi connectivity index (χ0n) is 21.4. The molecular weight excluding hydrogens is 444 g/mol. The Morgan fingerprint density at radius 3 is 2.42 bits per heavy atom. The maximum atomic E-state index is 6.62. The minimum absolute atomic E-state index is 0.388. The van der Waals surface area contributed by atoms with Gasteiger partial charge in [-0.15, -0.1) is 0 Å². The monoisotopic (exact) mass is 482 g/mol. The maximum Gasteiger partial charge on any atom is 0.197 e. The molecule has 0 spiro atoms. The van der Waals surface area contributed by atoms with Gasteiger partial charge in [0.2, 0.25) is 0 Å². The van der Waals surface area contributed by atoms with Crippen LogP contribution in [0.15, 0.2) is 83.9 Å². The van der Waals surface area contributed by atoms with Crippen LogP contribution in [0.5, 0.6) is 11.5 Å². The van der Waals surface area contributed by atoms with Gasteiger partial charge in [0.1, 0.15) is 11.5 Å². The lowest BCUT2D eigenvalue weighted by atomic mass is 9.81. The molecule has 1 saturated carbocycles. The number of nitrogens with zero attached hydrogens (tertiary/aromatic N) is 3. The minimum atomic E-state index is 0.388. The standard InChI is InChI=1S/C31H38N4O/c1-34(22-24-11-5-2-6-12-24)20-19-30(25-13-7-3-8-14-25)35-23-26-21-28(17-18-29(26)33-31(35)32)36-27-15-9-4-10-16-27/h2,4-6,9-12,15-18,21,25,30H,3,7-8,13-14,19-20,22-23H2,1H3,(H2,32,33). The fraction of sp³-hybridized carbons (Fsp3) is 0.387. The lowest BCUT2D eigenvalue weighted by Crippen LogP contribution is -2.50. The molecule has 1 fully saturated rings. The molecule has 0 amide bonds. The Hall–Kier alpha value is -3.31. The normalized spacial score (nSPS) is 16.9. The van der Waals surface area contributed by atoms with Crippen molar-refractivity contribution >= 4 is 11.6 Å². The van der Waals surface area contributed by atoms with Crippen molar-refractivity contribution < 1.29 is 4.74 Å². The van der Waals surface area contributed by atoms with E-state index in [9.17, 15) is 0 Å². The number of hydrogen-bond donors (Lipinski definition) is 1. The number of ether oxygens (including phenoxy) is 1. The number of fused-ring (bicyclic) bond motifs is 1. The summed E-state index contributed by atoms with van der Waals surface area (Å²) in [6.45, 7) is 2.77. The first-order valence-corrected chi connectivity index (χ1v) is 13.3. The van der Waals surface area contributed by atoms with Crippen molar-refractivity contribution in [2.45, 2.75) is 57.7 Å². The second-order valence-electron chi connectivity index (χ2n) is 10.3. The van der Waals surface area contributed by atoms with Gasteiger partial charge in [-0.2, -0.15) is 0 Å². The molecule has 0 bridgehead atoms. The Morgan fingerprint density at radius 2 is 1.67 bits per heavy atom. The van der Waals surface area contributed by atoms with Crippen LogP contribution in [0.25, 0.3) is 0 Å². The van der Waals surface area contributed by atoms with Crippen LogP contribution in [0, 0.1) is 5.92 Å². The number of benzene rings is 3. The van der Waals surface area contributed by atoms with E-state index < -0.39 is 0 Å². The smallest absolute Gasteiger partial charge is 0.197 e. The molecule has 2 aliphatic rings. The molecule has 3 aromatic rings. The Bertz CT molecular complexity index is 1140. The van der Waals surface area contributed by atoms with Gasteiger partial charge in [-0.05, 0) is 68.1 Å². The number of para-hydroxylation sites is 1. The van der Waals surface area contributed by atoms with Gasteiger partial charge in [0, 0.05) is 31.2 Å². The van der Waals surface area contributed by atoms with Crippen LogP contribution >= 0.6 is 0 Å². The lowest BCUT2D eigenvalue weighted by molar-refractivity contribution is 0.149. The molecule has 36 heavy (non-hydrogen) atoms. The highest BCUT2D eigenvalue weighted by Gasteiger charge is 2.32. The van der Waals surface area contributed by atoms with Crippen molar-refractivity contribution in [2.24, 2.45) is 16.6 Å². The van der Waals surface area contributed by atoms with E-state index in [1.807, 2.05) is 42.5 Å². The number of rotatable bonds is 9.